The second-order valence-electron chi connectivity index (χ2n) is 7.68. The SMILES string of the molecule is O=C(O)C(F)(F)F.O=C(c1ccco1)N1CCOC2(CCN(Cc3cccnc3)CC2)C1. The smallest absolute Gasteiger partial charge is 0.475 e. The minimum atomic E-state index is -5.08. The Hall–Kier alpha value is -2.92. The zero-order valence-electron chi connectivity index (χ0n) is 17.3. The van der Waals surface area contributed by atoms with E-state index in [1.807, 2.05) is 17.2 Å². The van der Waals surface area contributed by atoms with Crippen LogP contribution < -0.4 is 0 Å². The first-order chi connectivity index (χ1) is 15.2. The third kappa shape index (κ3) is 6.30. The molecule has 32 heavy (non-hydrogen) atoms. The van der Waals surface area contributed by atoms with Gasteiger partial charge < -0.3 is 19.2 Å². The second kappa shape index (κ2) is 10.1. The Kier molecular flexibility index (Phi) is 7.52. The number of alkyl halides is 3. The van der Waals surface area contributed by atoms with Gasteiger partial charge in [-0.3, -0.25) is 14.7 Å². The van der Waals surface area contributed by atoms with Crippen LogP contribution in [0.15, 0.2) is 47.3 Å². The predicted molar refractivity (Wildman–Crippen MR) is 106 cm³/mol. The Labute approximate surface area is 182 Å². The summed E-state index contributed by atoms with van der Waals surface area (Å²) < 4.78 is 43.1. The number of morpholine rings is 1. The Bertz CT molecular complexity index is 882. The van der Waals surface area contributed by atoms with E-state index in [4.69, 9.17) is 19.1 Å². The van der Waals surface area contributed by atoms with Crippen molar-refractivity contribution in [1.29, 1.82) is 0 Å². The number of hydrogen-bond acceptors (Lipinski definition) is 6. The molecule has 0 bridgehead atoms. The number of carbonyl (C=O) groups is 2. The summed E-state index contributed by atoms with van der Waals surface area (Å²) in [6.45, 7) is 4.72. The third-order valence-electron chi connectivity index (χ3n) is 5.41. The van der Waals surface area contributed by atoms with Gasteiger partial charge in [0.15, 0.2) is 5.76 Å². The third-order valence-corrected chi connectivity index (χ3v) is 5.41. The fourth-order valence-corrected chi connectivity index (χ4v) is 3.75. The number of hydrogen-bond donors (Lipinski definition) is 1. The van der Waals surface area contributed by atoms with Gasteiger partial charge in [-0.2, -0.15) is 13.2 Å². The number of ether oxygens (including phenoxy) is 1. The number of carboxylic acid groups (broad SMARTS) is 1. The molecule has 11 heteroatoms. The van der Waals surface area contributed by atoms with Crippen molar-refractivity contribution in [2.45, 2.75) is 31.2 Å². The van der Waals surface area contributed by atoms with Gasteiger partial charge in [-0.25, -0.2) is 4.79 Å². The molecular formula is C21H24F3N3O5. The number of aliphatic carboxylic acids is 1. The van der Waals surface area contributed by atoms with E-state index < -0.39 is 12.1 Å². The number of rotatable bonds is 3. The molecule has 8 nitrogen and oxygen atoms in total. The van der Waals surface area contributed by atoms with Gasteiger partial charge >= 0.3 is 12.1 Å². The molecule has 2 aliphatic rings. The highest BCUT2D eigenvalue weighted by Gasteiger charge is 2.41. The Morgan fingerprint density at radius 1 is 1.16 bits per heavy atom. The number of likely N-dealkylation sites (tertiary alicyclic amines) is 1. The number of carboxylic acids is 1. The van der Waals surface area contributed by atoms with Crippen molar-refractivity contribution in [1.82, 2.24) is 14.8 Å². The van der Waals surface area contributed by atoms with E-state index in [0.29, 0.717) is 25.5 Å². The van der Waals surface area contributed by atoms with Crippen molar-refractivity contribution >= 4 is 11.9 Å². The van der Waals surface area contributed by atoms with Crippen molar-refractivity contribution < 1.29 is 37.0 Å². The fraction of sp³-hybridized carbons (Fsp3) is 0.476. The molecule has 2 fully saturated rings. The maximum absolute atomic E-state index is 12.6. The summed E-state index contributed by atoms with van der Waals surface area (Å²) in [6.07, 6.45) is 2.06. The lowest BCUT2D eigenvalue weighted by molar-refractivity contribution is -0.192. The molecule has 2 aromatic rings. The first-order valence-electron chi connectivity index (χ1n) is 10.1. The maximum atomic E-state index is 12.6. The fourth-order valence-electron chi connectivity index (χ4n) is 3.75. The van der Waals surface area contributed by atoms with Crippen LogP contribution in [0.5, 0.6) is 0 Å². The van der Waals surface area contributed by atoms with E-state index >= 15 is 0 Å². The summed E-state index contributed by atoms with van der Waals surface area (Å²) in [6, 6.07) is 7.56. The molecule has 0 aromatic carbocycles. The topological polar surface area (TPSA) is 96.1 Å². The van der Waals surface area contributed by atoms with Crippen LogP contribution in [0.4, 0.5) is 13.2 Å². The van der Waals surface area contributed by atoms with Crippen molar-refractivity contribution in [3.05, 3.63) is 54.2 Å². The van der Waals surface area contributed by atoms with Crippen molar-refractivity contribution in [3.63, 3.8) is 0 Å². The predicted octanol–water partition coefficient (Wildman–Crippen LogP) is 2.82. The number of nitrogens with zero attached hydrogens (tertiary/aromatic N) is 3. The number of pyridine rings is 1. The Morgan fingerprint density at radius 3 is 2.44 bits per heavy atom. The molecule has 2 saturated heterocycles. The summed E-state index contributed by atoms with van der Waals surface area (Å²) in [5.74, 6) is -2.39. The number of aromatic nitrogens is 1. The van der Waals surface area contributed by atoms with Crippen LogP contribution in [-0.2, 0) is 16.1 Å². The average Bonchev–Trinajstić information content (AvgIpc) is 3.31. The lowest BCUT2D eigenvalue weighted by Crippen LogP contribution is -2.57. The van der Waals surface area contributed by atoms with Gasteiger partial charge in [0.05, 0.1) is 25.0 Å². The van der Waals surface area contributed by atoms with Crippen LogP contribution in [0.2, 0.25) is 0 Å². The van der Waals surface area contributed by atoms with E-state index in [2.05, 4.69) is 16.0 Å². The van der Waals surface area contributed by atoms with E-state index in [1.54, 1.807) is 24.6 Å². The molecule has 0 unspecified atom stereocenters. The summed E-state index contributed by atoms with van der Waals surface area (Å²) in [4.78, 5) is 29.9. The molecule has 0 radical (unpaired) electrons. The molecule has 1 amide bonds. The second-order valence-corrected chi connectivity index (χ2v) is 7.68. The zero-order chi connectivity index (χ0) is 23.2. The molecule has 0 saturated carbocycles. The van der Waals surface area contributed by atoms with Gasteiger partial charge in [0.25, 0.3) is 5.91 Å². The van der Waals surface area contributed by atoms with Crippen molar-refractivity contribution in [2.24, 2.45) is 0 Å². The number of carbonyl (C=O) groups excluding carboxylic acids is 1. The Balaban J connectivity index is 0.000000360. The molecule has 0 atom stereocenters. The quantitative estimate of drug-likeness (QED) is 0.760. The largest absolute Gasteiger partial charge is 0.490 e. The number of furan rings is 1. The van der Waals surface area contributed by atoms with Gasteiger partial charge in [0.1, 0.15) is 0 Å². The highest BCUT2D eigenvalue weighted by atomic mass is 19.4. The van der Waals surface area contributed by atoms with Gasteiger partial charge in [-0.15, -0.1) is 0 Å². The number of piperidine rings is 1. The van der Waals surface area contributed by atoms with Gasteiger partial charge in [-0.05, 0) is 36.6 Å². The van der Waals surface area contributed by atoms with Gasteiger partial charge in [-0.1, -0.05) is 6.07 Å². The van der Waals surface area contributed by atoms with E-state index in [1.165, 1.54) is 5.56 Å². The molecule has 4 rings (SSSR count). The van der Waals surface area contributed by atoms with Gasteiger partial charge in [0, 0.05) is 38.6 Å². The van der Waals surface area contributed by atoms with Gasteiger partial charge in [0.2, 0.25) is 0 Å². The minimum absolute atomic E-state index is 0.0366. The molecule has 4 heterocycles. The molecule has 0 aliphatic carbocycles. The zero-order valence-corrected chi connectivity index (χ0v) is 17.3. The first-order valence-corrected chi connectivity index (χ1v) is 10.1. The Morgan fingerprint density at radius 2 is 1.88 bits per heavy atom. The monoisotopic (exact) mass is 455 g/mol. The molecule has 1 spiro atoms. The van der Waals surface area contributed by atoms with Crippen LogP contribution in [-0.4, -0.2) is 76.3 Å². The van der Waals surface area contributed by atoms with Crippen LogP contribution in [0.25, 0.3) is 0 Å². The van der Waals surface area contributed by atoms with E-state index in [9.17, 15) is 18.0 Å². The summed E-state index contributed by atoms with van der Waals surface area (Å²) >= 11 is 0. The normalized spacial score (nSPS) is 18.7. The summed E-state index contributed by atoms with van der Waals surface area (Å²) in [5, 5.41) is 7.12. The van der Waals surface area contributed by atoms with Crippen LogP contribution in [0.3, 0.4) is 0 Å². The molecule has 2 aromatic heterocycles. The van der Waals surface area contributed by atoms with Crippen LogP contribution >= 0.6 is 0 Å². The summed E-state index contributed by atoms with van der Waals surface area (Å²) in [5.41, 5.74) is 1.02. The number of halogens is 3. The van der Waals surface area contributed by atoms with Crippen LogP contribution in [0.1, 0.15) is 29.0 Å². The van der Waals surface area contributed by atoms with Crippen molar-refractivity contribution in [2.75, 3.05) is 32.8 Å². The highest BCUT2D eigenvalue weighted by Crippen LogP contribution is 2.31. The lowest BCUT2D eigenvalue weighted by Gasteiger charge is -2.47. The standard InChI is InChI=1S/C19H23N3O3.C2HF3O2/c23-18(17-4-2-11-24-17)22-10-12-25-19(15-22)5-8-21(9-6-19)14-16-3-1-7-20-13-16;3-2(4,5)1(6)7/h1-4,7,11,13H,5-6,8-10,12,14-15H2;(H,6,7). The maximum Gasteiger partial charge on any atom is 0.490 e. The molecule has 2 aliphatic heterocycles. The first kappa shape index (κ1) is 23.7. The van der Waals surface area contributed by atoms with E-state index in [0.717, 1.165) is 32.5 Å². The molecular weight excluding hydrogens is 431 g/mol. The lowest BCUT2D eigenvalue weighted by atomic mass is 9.89. The average molecular weight is 455 g/mol. The van der Waals surface area contributed by atoms with E-state index in [-0.39, 0.29) is 11.5 Å². The van der Waals surface area contributed by atoms with Crippen molar-refractivity contribution in [3.8, 4) is 0 Å². The minimum Gasteiger partial charge on any atom is -0.475 e. The summed E-state index contributed by atoms with van der Waals surface area (Å²) in [7, 11) is 0. The molecule has 174 valence electrons. The highest BCUT2D eigenvalue weighted by molar-refractivity contribution is 5.91. The molecule has 1 N–H and O–H groups in total. The van der Waals surface area contributed by atoms with Crippen LogP contribution in [0, 0.1) is 0 Å². The number of amides is 1.